The summed E-state index contributed by atoms with van der Waals surface area (Å²) in [5, 5.41) is 3.37. The molecule has 0 saturated heterocycles. The lowest BCUT2D eigenvalue weighted by molar-refractivity contribution is 0.305. The maximum absolute atomic E-state index is 6.06. The molecular weight excluding hydrogens is 348 g/mol. The molecule has 147 valence electrons. The first-order chi connectivity index (χ1) is 13.9. The van der Waals surface area contributed by atoms with E-state index >= 15 is 0 Å². The monoisotopic (exact) mass is 377 g/mol. The fourth-order valence-corrected chi connectivity index (χ4v) is 3.13. The molecule has 0 spiro atoms. The van der Waals surface area contributed by atoms with Gasteiger partial charge >= 0.3 is 0 Å². The minimum absolute atomic E-state index is 0.595. The van der Waals surface area contributed by atoms with E-state index in [1.807, 2.05) is 6.07 Å². The van der Waals surface area contributed by atoms with Crippen molar-refractivity contribution in [3.05, 3.63) is 79.0 Å². The standard InChI is InChI=1S/C24H29N2O2/c1-2-14-25-19-21-12-13-23(22(18-21)24-26-15-17-28-24)27-16-8-4-7-11-20-9-5-3-6-10-20/h3,5-6,9-10,12-13,15,17-18,25H,1-2,4,7-8,11,14,16,19H2. The largest absolute Gasteiger partial charge is 0.493 e. The van der Waals surface area contributed by atoms with E-state index in [1.165, 1.54) is 17.5 Å². The number of nitrogens with one attached hydrogen (secondary N) is 1. The Hall–Kier alpha value is -2.59. The van der Waals surface area contributed by atoms with Crippen LogP contribution in [0.15, 0.2) is 65.4 Å². The number of hydrogen-bond donors (Lipinski definition) is 1. The van der Waals surface area contributed by atoms with E-state index in [9.17, 15) is 0 Å². The number of benzene rings is 2. The Kier molecular flexibility index (Phi) is 8.13. The molecule has 1 N–H and O–H groups in total. The second-order valence-electron chi connectivity index (χ2n) is 6.84. The smallest absolute Gasteiger partial charge is 0.229 e. The molecule has 2 aromatic carbocycles. The van der Waals surface area contributed by atoms with Gasteiger partial charge < -0.3 is 14.5 Å². The Labute approximate surface area is 168 Å². The summed E-state index contributed by atoms with van der Waals surface area (Å²) >= 11 is 0. The van der Waals surface area contributed by atoms with Gasteiger partial charge in [0.1, 0.15) is 12.0 Å². The first-order valence-corrected chi connectivity index (χ1v) is 10.1. The lowest BCUT2D eigenvalue weighted by Gasteiger charge is -2.12. The molecular formula is C24H29N2O2. The average molecular weight is 378 g/mol. The molecule has 0 atom stereocenters. The predicted octanol–water partition coefficient (Wildman–Crippen LogP) is 5.45. The number of aryl methyl sites for hydroxylation is 1. The summed E-state index contributed by atoms with van der Waals surface area (Å²) in [6.45, 7) is 6.24. The summed E-state index contributed by atoms with van der Waals surface area (Å²) in [6.07, 6.45) is 8.61. The zero-order chi connectivity index (χ0) is 19.4. The lowest BCUT2D eigenvalue weighted by atomic mass is 10.1. The predicted molar refractivity (Wildman–Crippen MR) is 113 cm³/mol. The second-order valence-corrected chi connectivity index (χ2v) is 6.84. The summed E-state index contributed by atoms with van der Waals surface area (Å²) in [7, 11) is 0. The average Bonchev–Trinajstić information content (AvgIpc) is 3.27. The molecule has 3 rings (SSSR count). The third kappa shape index (κ3) is 6.24. The normalized spacial score (nSPS) is 10.9. The second kappa shape index (κ2) is 11.3. The molecule has 1 aromatic heterocycles. The summed E-state index contributed by atoms with van der Waals surface area (Å²) in [6, 6.07) is 16.8. The SMILES string of the molecule is [CH2]CCNCc1ccc(OCCCCCc2ccccc2)c(-c2ncco2)c1. The van der Waals surface area contributed by atoms with Crippen LogP contribution in [0.25, 0.3) is 11.5 Å². The zero-order valence-corrected chi connectivity index (χ0v) is 16.4. The maximum atomic E-state index is 6.06. The van der Waals surface area contributed by atoms with Crippen molar-refractivity contribution in [2.45, 2.75) is 38.6 Å². The summed E-state index contributed by atoms with van der Waals surface area (Å²) < 4.78 is 11.6. The van der Waals surface area contributed by atoms with Crippen LogP contribution in [-0.4, -0.2) is 18.1 Å². The van der Waals surface area contributed by atoms with E-state index in [0.29, 0.717) is 12.5 Å². The van der Waals surface area contributed by atoms with Crippen molar-refractivity contribution in [3.63, 3.8) is 0 Å². The van der Waals surface area contributed by atoms with Crippen molar-refractivity contribution in [1.82, 2.24) is 10.3 Å². The minimum Gasteiger partial charge on any atom is -0.493 e. The first-order valence-electron chi connectivity index (χ1n) is 10.1. The number of unbranched alkanes of at least 4 members (excludes halogenated alkanes) is 2. The molecule has 0 amide bonds. The summed E-state index contributed by atoms with van der Waals surface area (Å²) in [5.41, 5.74) is 3.48. The van der Waals surface area contributed by atoms with Crippen LogP contribution in [0, 0.1) is 6.92 Å². The number of hydrogen-bond acceptors (Lipinski definition) is 4. The van der Waals surface area contributed by atoms with Crippen molar-refractivity contribution in [1.29, 1.82) is 0 Å². The van der Waals surface area contributed by atoms with Crippen LogP contribution in [0.4, 0.5) is 0 Å². The van der Waals surface area contributed by atoms with Gasteiger partial charge in [-0.15, -0.1) is 0 Å². The van der Waals surface area contributed by atoms with Crippen molar-refractivity contribution in [3.8, 4) is 17.2 Å². The molecule has 0 aliphatic rings. The lowest BCUT2D eigenvalue weighted by Crippen LogP contribution is -2.13. The molecule has 4 heteroatoms. The Morgan fingerprint density at radius 1 is 1.00 bits per heavy atom. The highest BCUT2D eigenvalue weighted by Crippen LogP contribution is 2.30. The Morgan fingerprint density at radius 2 is 1.89 bits per heavy atom. The minimum atomic E-state index is 0.595. The van der Waals surface area contributed by atoms with E-state index in [4.69, 9.17) is 9.15 Å². The molecule has 0 bridgehead atoms. The highest BCUT2D eigenvalue weighted by atomic mass is 16.5. The van der Waals surface area contributed by atoms with Crippen LogP contribution in [0.1, 0.15) is 36.8 Å². The summed E-state index contributed by atoms with van der Waals surface area (Å²) in [5.74, 6) is 1.42. The van der Waals surface area contributed by atoms with Crippen LogP contribution in [-0.2, 0) is 13.0 Å². The highest BCUT2D eigenvalue weighted by Gasteiger charge is 2.12. The third-order valence-electron chi connectivity index (χ3n) is 4.60. The number of rotatable bonds is 12. The molecule has 4 nitrogen and oxygen atoms in total. The first kappa shape index (κ1) is 20.2. The molecule has 0 fully saturated rings. The van der Waals surface area contributed by atoms with Gasteiger partial charge in [-0.2, -0.15) is 0 Å². The maximum Gasteiger partial charge on any atom is 0.229 e. The Balaban J connectivity index is 1.51. The molecule has 0 unspecified atom stereocenters. The van der Waals surface area contributed by atoms with Gasteiger partial charge in [-0.25, -0.2) is 4.98 Å². The van der Waals surface area contributed by atoms with Crippen LogP contribution in [0.2, 0.25) is 0 Å². The molecule has 0 aliphatic heterocycles. The van der Waals surface area contributed by atoms with E-state index in [-0.39, 0.29) is 0 Å². The van der Waals surface area contributed by atoms with E-state index in [0.717, 1.165) is 50.1 Å². The summed E-state index contributed by atoms with van der Waals surface area (Å²) in [4.78, 5) is 4.30. The molecule has 1 radical (unpaired) electrons. The van der Waals surface area contributed by atoms with Gasteiger partial charge in [-0.3, -0.25) is 0 Å². The molecule has 0 aliphatic carbocycles. The number of ether oxygens (including phenoxy) is 1. The highest BCUT2D eigenvalue weighted by molar-refractivity contribution is 5.63. The number of oxazole rings is 1. The van der Waals surface area contributed by atoms with Gasteiger partial charge in [0, 0.05) is 6.54 Å². The van der Waals surface area contributed by atoms with E-state index in [1.54, 1.807) is 12.5 Å². The van der Waals surface area contributed by atoms with Crippen molar-refractivity contribution >= 4 is 0 Å². The van der Waals surface area contributed by atoms with Crippen molar-refractivity contribution < 1.29 is 9.15 Å². The van der Waals surface area contributed by atoms with E-state index < -0.39 is 0 Å². The van der Waals surface area contributed by atoms with Crippen LogP contribution < -0.4 is 10.1 Å². The Bertz CT molecular complexity index is 801. The molecule has 1 heterocycles. The van der Waals surface area contributed by atoms with Crippen molar-refractivity contribution in [2.24, 2.45) is 0 Å². The third-order valence-corrected chi connectivity index (χ3v) is 4.60. The van der Waals surface area contributed by atoms with Gasteiger partial charge in [0.2, 0.25) is 5.89 Å². The van der Waals surface area contributed by atoms with Gasteiger partial charge in [-0.05, 0) is 61.9 Å². The van der Waals surface area contributed by atoms with E-state index in [2.05, 4.69) is 59.7 Å². The number of aromatic nitrogens is 1. The van der Waals surface area contributed by atoms with Crippen LogP contribution >= 0.6 is 0 Å². The van der Waals surface area contributed by atoms with Gasteiger partial charge in [0.05, 0.1) is 18.4 Å². The number of nitrogens with zero attached hydrogens (tertiary/aromatic N) is 1. The van der Waals surface area contributed by atoms with Crippen molar-refractivity contribution in [2.75, 3.05) is 13.2 Å². The van der Waals surface area contributed by atoms with Gasteiger partial charge in [-0.1, -0.05) is 43.3 Å². The molecule has 3 aromatic rings. The molecule has 28 heavy (non-hydrogen) atoms. The zero-order valence-electron chi connectivity index (χ0n) is 16.4. The van der Waals surface area contributed by atoms with Gasteiger partial charge in [0.15, 0.2) is 0 Å². The topological polar surface area (TPSA) is 47.3 Å². The van der Waals surface area contributed by atoms with Crippen LogP contribution in [0.5, 0.6) is 5.75 Å². The quantitative estimate of drug-likeness (QED) is 0.427. The van der Waals surface area contributed by atoms with Crippen LogP contribution in [0.3, 0.4) is 0 Å². The molecule has 0 saturated carbocycles. The fraction of sp³-hybridized carbons (Fsp3) is 0.333. The fourth-order valence-electron chi connectivity index (χ4n) is 3.13. The van der Waals surface area contributed by atoms with Gasteiger partial charge in [0.25, 0.3) is 0 Å². The Morgan fingerprint density at radius 3 is 2.68 bits per heavy atom.